The molecule has 1 atom stereocenters. The highest BCUT2D eigenvalue weighted by Gasteiger charge is 2.31. The van der Waals surface area contributed by atoms with E-state index >= 15 is 0 Å². The predicted molar refractivity (Wildman–Crippen MR) is 154 cm³/mol. The molecule has 2 saturated heterocycles. The van der Waals surface area contributed by atoms with Crippen LogP contribution in [0.5, 0.6) is 5.75 Å². The van der Waals surface area contributed by atoms with Gasteiger partial charge >= 0.3 is 6.09 Å². The summed E-state index contributed by atoms with van der Waals surface area (Å²) in [6.45, 7) is 9.58. The molecule has 3 amide bonds. The number of carbonyl (C=O) groups is 3. The Kier molecular flexibility index (Phi) is 8.47. The number of rotatable bonds is 6. The Balaban J connectivity index is 1.17. The molecule has 0 bridgehead atoms. The molecule has 2 fully saturated rings. The summed E-state index contributed by atoms with van der Waals surface area (Å²) in [6, 6.07) is 5.63. The zero-order valence-corrected chi connectivity index (χ0v) is 24.9. The fourth-order valence-corrected chi connectivity index (χ4v) is 5.92. The number of carbonyl (C=O) groups excluding carboxylic acids is 3. The fraction of sp³-hybridized carbons (Fsp3) is 0.586. The van der Waals surface area contributed by atoms with Gasteiger partial charge in [-0.15, -0.1) is 0 Å². The molecule has 2 aromatic rings. The quantitative estimate of drug-likeness (QED) is 0.490. The molecule has 12 heteroatoms. The number of piperidine rings is 2. The molecule has 3 aliphatic rings. The van der Waals surface area contributed by atoms with Crippen LogP contribution in [0.15, 0.2) is 18.2 Å². The van der Waals surface area contributed by atoms with Crippen molar-refractivity contribution in [3.05, 3.63) is 40.2 Å². The number of aromatic nitrogens is 2. The molecule has 1 unspecified atom stereocenters. The van der Waals surface area contributed by atoms with Gasteiger partial charge in [-0.05, 0) is 76.7 Å². The molecule has 0 radical (unpaired) electrons. The number of imide groups is 1. The Morgan fingerprint density at radius 2 is 1.90 bits per heavy atom. The number of amides is 3. The van der Waals surface area contributed by atoms with Crippen LogP contribution in [0, 0.1) is 0 Å². The molecule has 2 N–H and O–H groups in total. The molecule has 41 heavy (non-hydrogen) atoms. The van der Waals surface area contributed by atoms with E-state index in [1.807, 2.05) is 37.6 Å². The summed E-state index contributed by atoms with van der Waals surface area (Å²) in [5.74, 6) is 0.531. The molecule has 0 saturated carbocycles. The Bertz CT molecular complexity index is 1310. The Labute approximate surface area is 245 Å². The van der Waals surface area contributed by atoms with Crippen molar-refractivity contribution in [1.29, 1.82) is 0 Å². The lowest BCUT2D eigenvalue weighted by atomic mass is 9.89. The van der Waals surface area contributed by atoms with Gasteiger partial charge < -0.3 is 19.7 Å². The lowest BCUT2D eigenvalue weighted by molar-refractivity contribution is -0.133. The number of nitrogens with one attached hydrogen (secondary N) is 2. The second kappa shape index (κ2) is 11.9. The van der Waals surface area contributed by atoms with Crippen LogP contribution in [-0.4, -0.2) is 75.9 Å². The monoisotopic (exact) mass is 586 g/mol. The van der Waals surface area contributed by atoms with Crippen molar-refractivity contribution in [1.82, 2.24) is 24.9 Å². The summed E-state index contributed by atoms with van der Waals surface area (Å²) >= 11 is 6.77. The van der Waals surface area contributed by atoms with E-state index in [0.717, 1.165) is 43.0 Å². The van der Waals surface area contributed by atoms with Crippen LogP contribution in [0.3, 0.4) is 0 Å². The third-order valence-electron chi connectivity index (χ3n) is 7.86. The molecule has 1 aromatic heterocycles. The fourth-order valence-electron chi connectivity index (χ4n) is 5.66. The zero-order valence-electron chi connectivity index (χ0n) is 24.2. The maximum absolute atomic E-state index is 12.6. The third kappa shape index (κ3) is 6.78. The zero-order chi connectivity index (χ0) is 29.3. The van der Waals surface area contributed by atoms with Crippen molar-refractivity contribution in [2.75, 3.05) is 32.1 Å². The second-order valence-electron chi connectivity index (χ2n) is 12.0. The van der Waals surface area contributed by atoms with Crippen molar-refractivity contribution >= 4 is 35.2 Å². The lowest BCUT2D eigenvalue weighted by Gasteiger charge is -2.32. The van der Waals surface area contributed by atoms with Crippen molar-refractivity contribution in [2.24, 2.45) is 0 Å². The predicted octanol–water partition coefficient (Wildman–Crippen LogP) is 3.89. The van der Waals surface area contributed by atoms with Gasteiger partial charge in [0, 0.05) is 19.5 Å². The number of benzene rings is 1. The molecule has 11 nitrogen and oxygen atoms in total. The number of hydrogen-bond donors (Lipinski definition) is 2. The number of hydrogen-bond acceptors (Lipinski definition) is 8. The van der Waals surface area contributed by atoms with Gasteiger partial charge in [-0.1, -0.05) is 17.7 Å². The van der Waals surface area contributed by atoms with Crippen molar-refractivity contribution in [2.45, 2.75) is 83.6 Å². The van der Waals surface area contributed by atoms with Gasteiger partial charge in [-0.3, -0.25) is 24.5 Å². The highest BCUT2D eigenvalue weighted by Crippen LogP contribution is 2.35. The minimum atomic E-state index is -0.546. The number of likely N-dealkylation sites (tertiary alicyclic amines) is 1. The average Bonchev–Trinajstić information content (AvgIpc) is 3.24. The number of fused-ring (bicyclic) bond motifs is 1. The smallest absolute Gasteiger partial charge is 0.410 e. The maximum atomic E-state index is 12.6. The normalized spacial score (nSPS) is 20.4. The van der Waals surface area contributed by atoms with E-state index in [-0.39, 0.29) is 17.9 Å². The van der Waals surface area contributed by atoms with E-state index in [1.54, 1.807) is 12.0 Å². The van der Waals surface area contributed by atoms with E-state index in [1.165, 1.54) is 5.56 Å². The number of anilines is 1. The van der Waals surface area contributed by atoms with Gasteiger partial charge in [-0.25, -0.2) is 4.79 Å². The minimum Gasteiger partial charge on any atom is -0.495 e. The summed E-state index contributed by atoms with van der Waals surface area (Å²) < 4.78 is 13.1. The largest absolute Gasteiger partial charge is 0.495 e. The van der Waals surface area contributed by atoms with Crippen LogP contribution in [-0.2, 0) is 34.0 Å². The van der Waals surface area contributed by atoms with E-state index in [0.29, 0.717) is 55.7 Å². The first kappa shape index (κ1) is 29.2. The van der Waals surface area contributed by atoms with E-state index in [9.17, 15) is 14.4 Å². The van der Waals surface area contributed by atoms with Crippen molar-refractivity contribution < 1.29 is 23.9 Å². The standard InChI is InChI=1S/C29H39ClN6O5/c1-29(2,3)41-28(39)35-13-14-36-23(17-35)26(30)22(33-36)16-34-11-9-18(10-12-34)19-5-6-20(24(15-19)40-4)31-21-7-8-25(37)32-27(21)38/h5-6,15,18,21,31H,7-14,16-17H2,1-4H3,(H,32,37,38). The van der Waals surface area contributed by atoms with Gasteiger partial charge in [0.05, 0.1) is 42.3 Å². The van der Waals surface area contributed by atoms with Gasteiger partial charge in [0.2, 0.25) is 11.8 Å². The number of ether oxygens (including phenoxy) is 2. The molecular formula is C29H39ClN6O5. The molecule has 1 aromatic carbocycles. The summed E-state index contributed by atoms with van der Waals surface area (Å²) in [6.07, 6.45) is 2.42. The van der Waals surface area contributed by atoms with Crippen LogP contribution in [0.1, 0.15) is 69.3 Å². The summed E-state index contributed by atoms with van der Waals surface area (Å²) in [5.41, 5.74) is 3.10. The third-order valence-corrected chi connectivity index (χ3v) is 8.30. The number of methoxy groups -OCH3 is 1. The molecule has 5 rings (SSSR count). The van der Waals surface area contributed by atoms with Gasteiger partial charge in [-0.2, -0.15) is 5.10 Å². The first-order valence-corrected chi connectivity index (χ1v) is 14.6. The maximum Gasteiger partial charge on any atom is 0.410 e. The van der Waals surface area contributed by atoms with Crippen LogP contribution in [0.4, 0.5) is 10.5 Å². The summed E-state index contributed by atoms with van der Waals surface area (Å²) in [4.78, 5) is 40.3. The molecular weight excluding hydrogens is 548 g/mol. The van der Waals surface area contributed by atoms with Gasteiger partial charge in [0.1, 0.15) is 17.4 Å². The molecule has 4 heterocycles. The highest BCUT2D eigenvalue weighted by atomic mass is 35.5. The topological polar surface area (TPSA) is 118 Å². The van der Waals surface area contributed by atoms with Crippen LogP contribution >= 0.6 is 11.6 Å². The highest BCUT2D eigenvalue weighted by molar-refractivity contribution is 6.31. The Morgan fingerprint density at radius 1 is 1.15 bits per heavy atom. The van der Waals surface area contributed by atoms with Crippen LogP contribution in [0.25, 0.3) is 0 Å². The molecule has 0 aliphatic carbocycles. The van der Waals surface area contributed by atoms with Gasteiger partial charge in [0.25, 0.3) is 0 Å². The number of halogens is 1. The minimum absolute atomic E-state index is 0.235. The first-order chi connectivity index (χ1) is 19.5. The van der Waals surface area contributed by atoms with E-state index in [2.05, 4.69) is 21.6 Å². The summed E-state index contributed by atoms with van der Waals surface area (Å²) in [7, 11) is 1.62. The molecule has 3 aliphatic heterocycles. The molecule has 222 valence electrons. The van der Waals surface area contributed by atoms with Gasteiger partial charge in [0.15, 0.2) is 0 Å². The number of nitrogens with zero attached hydrogens (tertiary/aromatic N) is 4. The van der Waals surface area contributed by atoms with Crippen LogP contribution < -0.4 is 15.4 Å². The Morgan fingerprint density at radius 3 is 2.59 bits per heavy atom. The first-order valence-electron chi connectivity index (χ1n) is 14.2. The van der Waals surface area contributed by atoms with E-state index in [4.69, 9.17) is 26.2 Å². The SMILES string of the molecule is COc1cc(C2CCN(Cc3nn4c(c3Cl)CN(C(=O)OC(C)(C)C)CC4)CC2)ccc1NC1CCC(=O)NC1=O. The van der Waals surface area contributed by atoms with E-state index < -0.39 is 11.6 Å². The molecule has 0 spiro atoms. The second-order valence-corrected chi connectivity index (χ2v) is 12.4. The van der Waals surface area contributed by atoms with Crippen molar-refractivity contribution in [3.8, 4) is 5.75 Å². The summed E-state index contributed by atoms with van der Waals surface area (Å²) in [5, 5.41) is 11.0. The van der Waals surface area contributed by atoms with Crippen molar-refractivity contribution in [3.63, 3.8) is 0 Å². The van der Waals surface area contributed by atoms with Crippen LogP contribution in [0.2, 0.25) is 5.02 Å². The average molecular weight is 587 g/mol. The lowest BCUT2D eigenvalue weighted by Crippen LogP contribution is -2.47. The Hall–Kier alpha value is -3.31.